The first-order valence-electron chi connectivity index (χ1n) is 13.9. The third-order valence-corrected chi connectivity index (χ3v) is 8.83. The van der Waals surface area contributed by atoms with E-state index in [4.69, 9.17) is 21.5 Å². The fourth-order valence-corrected chi connectivity index (χ4v) is 6.00. The van der Waals surface area contributed by atoms with Crippen molar-refractivity contribution in [1.29, 1.82) is 0 Å². The molecule has 4 aromatic rings. The first kappa shape index (κ1) is 33.9. The van der Waals surface area contributed by atoms with Gasteiger partial charge < -0.3 is 15.7 Å². The molecule has 0 atom stereocenters. The summed E-state index contributed by atoms with van der Waals surface area (Å²) >= 11 is 5.87. The Hall–Kier alpha value is -4.01. The Labute approximate surface area is 262 Å². The van der Waals surface area contributed by atoms with E-state index in [9.17, 15) is 26.0 Å². The lowest BCUT2D eigenvalue weighted by Gasteiger charge is -2.28. The van der Waals surface area contributed by atoms with Crippen LogP contribution in [0.25, 0.3) is 10.9 Å². The van der Waals surface area contributed by atoms with Crippen molar-refractivity contribution in [3.05, 3.63) is 83.6 Å². The molecule has 45 heavy (non-hydrogen) atoms. The van der Waals surface area contributed by atoms with Gasteiger partial charge in [0.1, 0.15) is 11.6 Å². The Morgan fingerprint density at radius 2 is 1.53 bits per heavy atom. The fraction of sp³-hybridized carbons (Fsp3) is 0.300. The zero-order valence-electron chi connectivity index (χ0n) is 23.7. The van der Waals surface area contributed by atoms with Gasteiger partial charge in [-0.05, 0) is 92.1 Å². The molecule has 0 spiro atoms. The molecule has 9 nitrogen and oxygen atoms in total. The highest BCUT2D eigenvalue weighted by Crippen LogP contribution is 2.30. The smallest absolute Gasteiger partial charge is 0.475 e. The molecule has 240 valence electrons. The highest BCUT2D eigenvalue weighted by Gasteiger charge is 2.38. The zero-order valence-corrected chi connectivity index (χ0v) is 25.3. The van der Waals surface area contributed by atoms with Gasteiger partial charge in [-0.2, -0.15) is 18.2 Å². The quantitative estimate of drug-likeness (QED) is 0.140. The van der Waals surface area contributed by atoms with Gasteiger partial charge >= 0.3 is 12.1 Å². The van der Waals surface area contributed by atoms with Crippen molar-refractivity contribution in [2.24, 2.45) is 11.8 Å². The largest absolute Gasteiger partial charge is 0.490 e. The maximum atomic E-state index is 13.7. The van der Waals surface area contributed by atoms with Crippen molar-refractivity contribution in [3.8, 4) is 0 Å². The van der Waals surface area contributed by atoms with E-state index >= 15 is 0 Å². The molecule has 1 aromatic heterocycles. The summed E-state index contributed by atoms with van der Waals surface area (Å²) in [6.07, 6.45) is -1.22. The first-order chi connectivity index (χ1) is 21.3. The molecule has 3 aromatic carbocycles. The van der Waals surface area contributed by atoms with Crippen molar-refractivity contribution in [3.63, 3.8) is 0 Å². The summed E-state index contributed by atoms with van der Waals surface area (Å²) in [4.78, 5) is 18.5. The normalized spacial score (nSPS) is 16.8. The second-order valence-corrected chi connectivity index (χ2v) is 12.6. The summed E-state index contributed by atoms with van der Waals surface area (Å²) < 4.78 is 73.3. The van der Waals surface area contributed by atoms with E-state index in [1.807, 2.05) is 24.3 Å². The number of alkyl halides is 3. The van der Waals surface area contributed by atoms with Gasteiger partial charge in [0, 0.05) is 29.2 Å². The number of benzene rings is 3. The minimum atomic E-state index is -5.08. The van der Waals surface area contributed by atoms with Gasteiger partial charge in [0.2, 0.25) is 16.0 Å². The molecule has 1 aliphatic rings. The molecule has 1 heterocycles. The van der Waals surface area contributed by atoms with Crippen LogP contribution < -0.4 is 15.4 Å². The maximum Gasteiger partial charge on any atom is 0.490 e. The van der Waals surface area contributed by atoms with E-state index in [-0.39, 0.29) is 10.7 Å². The molecule has 0 amide bonds. The standard InChI is InChI=1S/C28H29ClFN5O2S.C2HF3O2/c29-21-12-14-24(15-13-21)38(36,37)32-18-20-10-8-19(9-11-20)17-31-28-34-26-7-2-1-6-25(26)27(35-28)33-23-5-3-4-22(30)16-23;3-2(4,5)1(6)7/h1-7,12-16,19-20,32H,8-11,17-18H2,(H2,31,33,34,35);(H,6,7). The van der Waals surface area contributed by atoms with Crippen LogP contribution >= 0.6 is 11.6 Å². The minimum absolute atomic E-state index is 0.224. The second kappa shape index (κ2) is 14.8. The highest BCUT2D eigenvalue weighted by atomic mass is 35.5. The monoisotopic (exact) mass is 667 g/mol. The van der Waals surface area contributed by atoms with E-state index in [1.165, 1.54) is 24.3 Å². The molecule has 0 unspecified atom stereocenters. The van der Waals surface area contributed by atoms with Crippen molar-refractivity contribution < 1.29 is 35.9 Å². The molecule has 0 bridgehead atoms. The number of hydrogen-bond donors (Lipinski definition) is 4. The summed E-state index contributed by atoms with van der Waals surface area (Å²) in [7, 11) is -3.55. The number of carboxylic acid groups (broad SMARTS) is 1. The Bertz CT molecular complexity index is 1720. The van der Waals surface area contributed by atoms with Gasteiger partial charge in [-0.3, -0.25) is 0 Å². The molecule has 0 radical (unpaired) electrons. The molecule has 15 heteroatoms. The van der Waals surface area contributed by atoms with Crippen LogP contribution in [0.4, 0.5) is 35.0 Å². The van der Waals surface area contributed by atoms with Gasteiger partial charge in [0.15, 0.2) is 0 Å². The minimum Gasteiger partial charge on any atom is -0.475 e. The second-order valence-electron chi connectivity index (χ2n) is 10.4. The number of fused-ring (bicyclic) bond motifs is 1. The Morgan fingerprint density at radius 1 is 0.911 bits per heavy atom. The predicted molar refractivity (Wildman–Crippen MR) is 163 cm³/mol. The number of aliphatic carboxylic acids is 1. The molecule has 0 aliphatic heterocycles. The van der Waals surface area contributed by atoms with Crippen molar-refractivity contribution in [2.45, 2.75) is 36.8 Å². The molecule has 0 saturated heterocycles. The van der Waals surface area contributed by atoms with Gasteiger partial charge in [-0.15, -0.1) is 0 Å². The van der Waals surface area contributed by atoms with E-state index in [1.54, 1.807) is 24.3 Å². The van der Waals surface area contributed by atoms with Crippen LogP contribution in [0.2, 0.25) is 5.02 Å². The van der Waals surface area contributed by atoms with Gasteiger partial charge in [-0.1, -0.05) is 29.8 Å². The molecule has 1 aliphatic carbocycles. The number of halogens is 5. The summed E-state index contributed by atoms with van der Waals surface area (Å²) in [5.74, 6) is -1.21. The summed E-state index contributed by atoms with van der Waals surface area (Å²) in [5, 5.41) is 15.1. The summed E-state index contributed by atoms with van der Waals surface area (Å²) in [6, 6.07) is 20.2. The molecular formula is C30H30ClF4N5O4S. The number of sulfonamides is 1. The summed E-state index contributed by atoms with van der Waals surface area (Å²) in [6.45, 7) is 1.15. The van der Waals surface area contributed by atoms with Crippen LogP contribution in [0.1, 0.15) is 25.7 Å². The third kappa shape index (κ3) is 9.99. The molecule has 5 rings (SSSR count). The zero-order chi connectivity index (χ0) is 32.6. The van der Waals surface area contributed by atoms with E-state index in [0.717, 1.165) is 43.1 Å². The third-order valence-electron chi connectivity index (χ3n) is 7.13. The number of nitrogens with one attached hydrogen (secondary N) is 3. The molecular weight excluding hydrogens is 638 g/mol. The Morgan fingerprint density at radius 3 is 2.16 bits per heavy atom. The average Bonchev–Trinajstić information content (AvgIpc) is 3.00. The van der Waals surface area contributed by atoms with Crippen LogP contribution in [-0.2, 0) is 14.8 Å². The van der Waals surface area contributed by atoms with Crippen molar-refractivity contribution in [2.75, 3.05) is 23.7 Å². The van der Waals surface area contributed by atoms with Crippen molar-refractivity contribution in [1.82, 2.24) is 14.7 Å². The fourth-order valence-electron chi connectivity index (χ4n) is 4.75. The van der Waals surface area contributed by atoms with E-state index in [2.05, 4.69) is 25.3 Å². The number of carbonyl (C=O) groups is 1. The summed E-state index contributed by atoms with van der Waals surface area (Å²) in [5.41, 5.74) is 1.41. The number of carboxylic acids is 1. The van der Waals surface area contributed by atoms with Crippen LogP contribution in [0.15, 0.2) is 77.7 Å². The van der Waals surface area contributed by atoms with Crippen LogP contribution in [0.5, 0.6) is 0 Å². The van der Waals surface area contributed by atoms with Gasteiger partial charge in [0.05, 0.1) is 10.4 Å². The lowest BCUT2D eigenvalue weighted by molar-refractivity contribution is -0.192. The van der Waals surface area contributed by atoms with Crippen LogP contribution in [-0.4, -0.2) is 48.7 Å². The number of rotatable bonds is 9. The van der Waals surface area contributed by atoms with Gasteiger partial charge in [-0.25, -0.2) is 27.3 Å². The SMILES string of the molecule is O=C(O)C(F)(F)F.O=S(=O)(NCC1CCC(CNc2nc(Nc3cccc(F)c3)c3ccccc3n2)CC1)c1ccc(Cl)cc1. The topological polar surface area (TPSA) is 133 Å². The Kier molecular flexibility index (Phi) is 11.2. The van der Waals surface area contributed by atoms with Crippen molar-refractivity contribution >= 4 is 56.0 Å². The number of anilines is 3. The lowest BCUT2D eigenvalue weighted by atomic mass is 9.82. The number of para-hydroxylation sites is 1. The van der Waals surface area contributed by atoms with E-state index in [0.29, 0.717) is 40.9 Å². The molecule has 4 N–H and O–H groups in total. The lowest BCUT2D eigenvalue weighted by Crippen LogP contribution is -2.32. The number of nitrogens with zero attached hydrogens (tertiary/aromatic N) is 2. The molecule has 1 saturated carbocycles. The number of aromatic nitrogens is 2. The van der Waals surface area contributed by atoms with Crippen LogP contribution in [0.3, 0.4) is 0 Å². The highest BCUT2D eigenvalue weighted by molar-refractivity contribution is 7.89. The predicted octanol–water partition coefficient (Wildman–Crippen LogP) is 7.00. The molecule has 1 fully saturated rings. The maximum absolute atomic E-state index is 13.7. The Balaban J connectivity index is 0.000000591. The van der Waals surface area contributed by atoms with Gasteiger partial charge in [0.25, 0.3) is 0 Å². The first-order valence-corrected chi connectivity index (χ1v) is 15.7. The van der Waals surface area contributed by atoms with Crippen LogP contribution in [0, 0.1) is 17.7 Å². The number of hydrogen-bond acceptors (Lipinski definition) is 7. The average molecular weight is 668 g/mol. The van der Waals surface area contributed by atoms with E-state index < -0.39 is 22.2 Å².